The highest BCUT2D eigenvalue weighted by Crippen LogP contribution is 2.16. The molecule has 0 spiro atoms. The van der Waals surface area contributed by atoms with E-state index in [2.05, 4.69) is 35.0 Å². The molecule has 0 aliphatic carbocycles. The van der Waals surface area contributed by atoms with Crippen LogP contribution < -0.4 is 5.32 Å². The van der Waals surface area contributed by atoms with Crippen LogP contribution in [-0.2, 0) is 17.7 Å². The predicted octanol–water partition coefficient (Wildman–Crippen LogP) is 2.22. The van der Waals surface area contributed by atoms with E-state index >= 15 is 0 Å². The minimum absolute atomic E-state index is 0.756. The lowest BCUT2D eigenvalue weighted by molar-refractivity contribution is 0.199. The molecule has 0 radical (unpaired) electrons. The van der Waals surface area contributed by atoms with Gasteiger partial charge < -0.3 is 14.6 Å². The second kappa shape index (κ2) is 7.26. The SMILES string of the molecule is CCCc1nc2ccccc2n1CCNCCOC. The van der Waals surface area contributed by atoms with Gasteiger partial charge in [-0.1, -0.05) is 19.1 Å². The Morgan fingerprint density at radius 2 is 2.11 bits per heavy atom. The van der Waals surface area contributed by atoms with Crippen LogP contribution in [-0.4, -0.2) is 36.4 Å². The number of ether oxygens (including phenoxy) is 1. The quantitative estimate of drug-likeness (QED) is 0.741. The summed E-state index contributed by atoms with van der Waals surface area (Å²) in [6.07, 6.45) is 2.16. The van der Waals surface area contributed by atoms with Crippen LogP contribution in [0, 0.1) is 0 Å². The van der Waals surface area contributed by atoms with Gasteiger partial charge in [-0.25, -0.2) is 4.98 Å². The standard InChI is InChI=1S/C15H23N3O/c1-3-6-15-17-13-7-4-5-8-14(13)18(15)11-9-16-10-12-19-2/h4-5,7-8,16H,3,6,9-12H2,1-2H3. The molecule has 0 fully saturated rings. The molecule has 0 amide bonds. The number of aryl methyl sites for hydroxylation is 1. The molecule has 4 heteroatoms. The monoisotopic (exact) mass is 261 g/mol. The van der Waals surface area contributed by atoms with Gasteiger partial charge in [0.15, 0.2) is 0 Å². The van der Waals surface area contributed by atoms with E-state index in [9.17, 15) is 0 Å². The van der Waals surface area contributed by atoms with Crippen molar-refractivity contribution < 1.29 is 4.74 Å². The van der Waals surface area contributed by atoms with E-state index in [1.54, 1.807) is 7.11 Å². The van der Waals surface area contributed by atoms with E-state index in [1.165, 1.54) is 11.3 Å². The molecule has 0 aliphatic rings. The minimum atomic E-state index is 0.756. The zero-order chi connectivity index (χ0) is 13.5. The van der Waals surface area contributed by atoms with E-state index in [1.807, 2.05) is 6.07 Å². The summed E-state index contributed by atoms with van der Waals surface area (Å²) in [6, 6.07) is 8.36. The molecule has 0 atom stereocenters. The van der Waals surface area contributed by atoms with Crippen molar-refractivity contribution in [3.63, 3.8) is 0 Å². The molecule has 2 aromatic rings. The van der Waals surface area contributed by atoms with Crippen molar-refractivity contribution >= 4 is 11.0 Å². The zero-order valence-electron chi connectivity index (χ0n) is 11.9. The largest absolute Gasteiger partial charge is 0.383 e. The van der Waals surface area contributed by atoms with Crippen LogP contribution in [0.1, 0.15) is 19.2 Å². The van der Waals surface area contributed by atoms with Crippen LogP contribution >= 0.6 is 0 Å². The summed E-state index contributed by atoms with van der Waals surface area (Å²) in [7, 11) is 1.73. The van der Waals surface area contributed by atoms with Gasteiger partial charge in [0, 0.05) is 33.2 Å². The smallest absolute Gasteiger partial charge is 0.109 e. The van der Waals surface area contributed by atoms with Gasteiger partial charge in [0.05, 0.1) is 17.6 Å². The van der Waals surface area contributed by atoms with E-state index in [-0.39, 0.29) is 0 Å². The number of nitrogens with one attached hydrogen (secondary N) is 1. The third-order valence-electron chi connectivity index (χ3n) is 3.20. The number of hydrogen-bond donors (Lipinski definition) is 1. The normalized spacial score (nSPS) is 11.3. The average molecular weight is 261 g/mol. The number of imidazole rings is 1. The number of aromatic nitrogens is 2. The van der Waals surface area contributed by atoms with Crippen molar-refractivity contribution in [1.82, 2.24) is 14.9 Å². The Balaban J connectivity index is 2.08. The van der Waals surface area contributed by atoms with Crippen LogP contribution in [0.4, 0.5) is 0 Å². The van der Waals surface area contributed by atoms with Crippen LogP contribution in [0.2, 0.25) is 0 Å². The third-order valence-corrected chi connectivity index (χ3v) is 3.20. The number of rotatable bonds is 8. The summed E-state index contributed by atoms with van der Waals surface area (Å²) in [5, 5.41) is 3.39. The molecule has 1 N–H and O–H groups in total. The Kier molecular flexibility index (Phi) is 5.36. The highest BCUT2D eigenvalue weighted by atomic mass is 16.5. The molecular weight excluding hydrogens is 238 g/mol. The fourth-order valence-electron chi connectivity index (χ4n) is 2.28. The summed E-state index contributed by atoms with van der Waals surface area (Å²) in [5.41, 5.74) is 2.34. The average Bonchev–Trinajstić information content (AvgIpc) is 2.77. The maximum atomic E-state index is 5.03. The fraction of sp³-hybridized carbons (Fsp3) is 0.533. The molecule has 2 rings (SSSR count). The van der Waals surface area contributed by atoms with Gasteiger partial charge in [-0.05, 0) is 18.6 Å². The highest BCUT2D eigenvalue weighted by Gasteiger charge is 2.08. The van der Waals surface area contributed by atoms with Gasteiger partial charge in [0.1, 0.15) is 5.82 Å². The Hall–Kier alpha value is -1.39. The maximum Gasteiger partial charge on any atom is 0.109 e. The van der Waals surface area contributed by atoms with Crippen molar-refractivity contribution in [3.8, 4) is 0 Å². The first kappa shape index (κ1) is 14.0. The molecule has 0 saturated heterocycles. The van der Waals surface area contributed by atoms with Gasteiger partial charge in [-0.2, -0.15) is 0 Å². The zero-order valence-corrected chi connectivity index (χ0v) is 11.9. The van der Waals surface area contributed by atoms with Crippen LogP contribution in [0.15, 0.2) is 24.3 Å². The number of methoxy groups -OCH3 is 1. The van der Waals surface area contributed by atoms with Crippen molar-refractivity contribution in [2.75, 3.05) is 26.8 Å². The van der Waals surface area contributed by atoms with Crippen molar-refractivity contribution in [2.45, 2.75) is 26.3 Å². The lowest BCUT2D eigenvalue weighted by Gasteiger charge is -2.09. The maximum absolute atomic E-state index is 5.03. The Bertz CT molecular complexity index is 507. The Morgan fingerprint density at radius 1 is 1.26 bits per heavy atom. The molecule has 1 aromatic carbocycles. The predicted molar refractivity (Wildman–Crippen MR) is 78.5 cm³/mol. The lowest BCUT2D eigenvalue weighted by atomic mass is 10.3. The first-order chi connectivity index (χ1) is 9.36. The van der Waals surface area contributed by atoms with Gasteiger partial charge in [0.2, 0.25) is 0 Å². The van der Waals surface area contributed by atoms with Crippen molar-refractivity contribution in [3.05, 3.63) is 30.1 Å². The molecular formula is C15H23N3O. The first-order valence-electron chi connectivity index (χ1n) is 7.00. The van der Waals surface area contributed by atoms with Gasteiger partial charge >= 0.3 is 0 Å². The van der Waals surface area contributed by atoms with Crippen molar-refractivity contribution in [1.29, 1.82) is 0 Å². The van der Waals surface area contributed by atoms with Crippen LogP contribution in [0.25, 0.3) is 11.0 Å². The number of nitrogens with zero attached hydrogens (tertiary/aromatic N) is 2. The van der Waals surface area contributed by atoms with Gasteiger partial charge in [-0.15, -0.1) is 0 Å². The fourth-order valence-corrected chi connectivity index (χ4v) is 2.28. The molecule has 0 saturated carbocycles. The topological polar surface area (TPSA) is 39.1 Å². The summed E-state index contributed by atoms with van der Waals surface area (Å²) >= 11 is 0. The van der Waals surface area contributed by atoms with E-state index < -0.39 is 0 Å². The van der Waals surface area contributed by atoms with E-state index in [4.69, 9.17) is 9.72 Å². The molecule has 1 aromatic heterocycles. The molecule has 0 bridgehead atoms. The molecule has 0 unspecified atom stereocenters. The summed E-state index contributed by atoms with van der Waals surface area (Å²) < 4.78 is 7.36. The van der Waals surface area contributed by atoms with Crippen LogP contribution in [0.5, 0.6) is 0 Å². The molecule has 19 heavy (non-hydrogen) atoms. The second-order valence-corrected chi connectivity index (χ2v) is 4.66. The van der Waals surface area contributed by atoms with Crippen molar-refractivity contribution in [2.24, 2.45) is 0 Å². The first-order valence-corrected chi connectivity index (χ1v) is 7.00. The van der Waals surface area contributed by atoms with Crippen LogP contribution in [0.3, 0.4) is 0 Å². The van der Waals surface area contributed by atoms with Gasteiger partial charge in [-0.3, -0.25) is 0 Å². The minimum Gasteiger partial charge on any atom is -0.383 e. The van der Waals surface area contributed by atoms with E-state index in [0.29, 0.717) is 0 Å². The number of hydrogen-bond acceptors (Lipinski definition) is 3. The van der Waals surface area contributed by atoms with Gasteiger partial charge in [0.25, 0.3) is 0 Å². The second-order valence-electron chi connectivity index (χ2n) is 4.66. The third kappa shape index (κ3) is 3.55. The molecule has 4 nitrogen and oxygen atoms in total. The molecule has 1 heterocycles. The Labute approximate surface area is 114 Å². The summed E-state index contributed by atoms with van der Waals surface area (Å²) in [4.78, 5) is 4.73. The molecule has 104 valence electrons. The number of benzene rings is 1. The summed E-state index contributed by atoms with van der Waals surface area (Å²) in [5.74, 6) is 1.19. The highest BCUT2D eigenvalue weighted by molar-refractivity contribution is 5.75. The summed E-state index contributed by atoms with van der Waals surface area (Å²) in [6.45, 7) is 5.75. The lowest BCUT2D eigenvalue weighted by Crippen LogP contribution is -2.24. The Morgan fingerprint density at radius 3 is 2.89 bits per heavy atom. The number of fused-ring (bicyclic) bond motifs is 1. The molecule has 0 aliphatic heterocycles. The van der Waals surface area contributed by atoms with E-state index in [0.717, 1.165) is 44.6 Å². The number of para-hydroxylation sites is 2.